The Bertz CT molecular complexity index is 969. The first kappa shape index (κ1) is 16.5. The maximum absolute atomic E-state index is 12.5. The van der Waals surface area contributed by atoms with Gasteiger partial charge in [0.2, 0.25) is 0 Å². The van der Waals surface area contributed by atoms with E-state index in [1.165, 1.54) is 0 Å². The summed E-state index contributed by atoms with van der Waals surface area (Å²) in [6.45, 7) is 7.77. The van der Waals surface area contributed by atoms with Crippen LogP contribution in [0.3, 0.4) is 0 Å². The monoisotopic (exact) mass is 340 g/mol. The van der Waals surface area contributed by atoms with Crippen LogP contribution in [0.4, 0.5) is 5.69 Å². The number of anilines is 1. The fraction of sp³-hybridized carbons (Fsp3) is 0.211. The summed E-state index contributed by atoms with van der Waals surface area (Å²) < 4.78 is 29.0. The first-order valence-electron chi connectivity index (χ1n) is 7.75. The van der Waals surface area contributed by atoms with Gasteiger partial charge in [0.1, 0.15) is 10.7 Å². The van der Waals surface area contributed by atoms with Crippen molar-refractivity contribution < 1.29 is 8.42 Å². The molecule has 0 atom stereocenters. The van der Waals surface area contributed by atoms with E-state index in [0.29, 0.717) is 17.0 Å². The molecule has 4 nitrogen and oxygen atoms in total. The maximum atomic E-state index is 12.5. The summed E-state index contributed by atoms with van der Waals surface area (Å²) in [4.78, 5) is 0.273. The molecular weight excluding hydrogens is 320 g/mol. The normalized spacial score (nSPS) is 16.2. The van der Waals surface area contributed by atoms with Gasteiger partial charge in [-0.25, -0.2) is 0 Å². The molecule has 1 heterocycles. The predicted molar refractivity (Wildman–Crippen MR) is 99.7 cm³/mol. The van der Waals surface area contributed by atoms with E-state index in [0.717, 1.165) is 22.4 Å². The summed E-state index contributed by atoms with van der Waals surface area (Å²) in [5.74, 6) is 0.387. The van der Waals surface area contributed by atoms with Crippen LogP contribution >= 0.6 is 0 Å². The van der Waals surface area contributed by atoms with Gasteiger partial charge in [-0.1, -0.05) is 47.5 Å². The third kappa shape index (κ3) is 2.99. The number of nitrogens with one attached hydrogen (secondary N) is 1. The van der Waals surface area contributed by atoms with Gasteiger partial charge in [-0.05, 0) is 44.9 Å². The van der Waals surface area contributed by atoms with Crippen molar-refractivity contribution in [3.63, 3.8) is 0 Å². The van der Waals surface area contributed by atoms with E-state index in [2.05, 4.69) is 9.71 Å². The van der Waals surface area contributed by atoms with E-state index in [1.54, 1.807) is 6.92 Å². The second-order valence-corrected chi connectivity index (χ2v) is 7.72. The second kappa shape index (κ2) is 5.91. The molecule has 0 saturated heterocycles. The smallest absolute Gasteiger partial charge is 0.285 e. The highest BCUT2D eigenvalue weighted by molar-refractivity contribution is 8.00. The van der Waals surface area contributed by atoms with Gasteiger partial charge in [0.05, 0.1) is 0 Å². The number of nitrogens with zero attached hydrogens (tertiary/aromatic N) is 1. The highest BCUT2D eigenvalue weighted by Crippen LogP contribution is 2.33. The van der Waals surface area contributed by atoms with E-state index < -0.39 is 10.0 Å². The van der Waals surface area contributed by atoms with Gasteiger partial charge >= 0.3 is 0 Å². The zero-order valence-corrected chi connectivity index (χ0v) is 15.0. The molecule has 1 aliphatic rings. The zero-order chi connectivity index (χ0) is 17.5. The molecule has 2 aromatic carbocycles. The lowest BCUT2D eigenvalue weighted by molar-refractivity contribution is 0.608. The average molecular weight is 340 g/mol. The quantitative estimate of drug-likeness (QED) is 0.891. The first-order valence-corrected chi connectivity index (χ1v) is 9.19. The van der Waals surface area contributed by atoms with Gasteiger partial charge in [0.15, 0.2) is 0 Å². The number of amidine groups is 1. The summed E-state index contributed by atoms with van der Waals surface area (Å²) in [5.41, 5.74) is 5.46. The molecule has 0 aliphatic carbocycles. The minimum absolute atomic E-state index is 0.273. The molecular formula is C19H20N2O2S. The number of benzene rings is 2. The number of hydrogen-bond acceptors (Lipinski definition) is 3. The molecule has 2 aromatic rings. The zero-order valence-electron chi connectivity index (χ0n) is 14.2. The Kier molecular flexibility index (Phi) is 4.05. The first-order chi connectivity index (χ1) is 11.3. The van der Waals surface area contributed by atoms with Gasteiger partial charge in [-0.15, -0.1) is 4.40 Å². The number of hydrogen-bond donors (Lipinski definition) is 1. The van der Waals surface area contributed by atoms with Crippen LogP contribution < -0.4 is 5.32 Å². The van der Waals surface area contributed by atoms with Gasteiger partial charge in [0.25, 0.3) is 10.0 Å². The Morgan fingerprint density at radius 3 is 2.12 bits per heavy atom. The summed E-state index contributed by atoms with van der Waals surface area (Å²) in [6.07, 6.45) is 0. The highest BCUT2D eigenvalue weighted by atomic mass is 32.2. The summed E-state index contributed by atoms with van der Waals surface area (Å²) in [7, 11) is -3.69. The molecule has 124 valence electrons. The standard InChI is InChI=1S/C19H20N2O2S/c1-12-5-8-16(9-6-12)18-15(4)19(21-24(18,22)23)20-17-10-7-13(2)11-14(17)3/h5-11H,1-4H3,(H,20,21). The molecule has 0 radical (unpaired) electrons. The van der Waals surface area contributed by atoms with Crippen LogP contribution in [-0.4, -0.2) is 14.3 Å². The summed E-state index contributed by atoms with van der Waals surface area (Å²) in [5, 5.41) is 3.17. The Hall–Kier alpha value is -2.40. The van der Waals surface area contributed by atoms with Crippen molar-refractivity contribution in [2.45, 2.75) is 27.7 Å². The topological polar surface area (TPSA) is 58.5 Å². The minimum Gasteiger partial charge on any atom is -0.339 e. The minimum atomic E-state index is -3.69. The Labute approximate surface area is 143 Å². The van der Waals surface area contributed by atoms with Crippen LogP contribution in [0.15, 0.2) is 52.4 Å². The molecule has 3 rings (SSSR count). The fourth-order valence-corrected chi connectivity index (χ4v) is 4.24. The van der Waals surface area contributed by atoms with Crippen molar-refractivity contribution in [3.8, 4) is 0 Å². The van der Waals surface area contributed by atoms with Crippen molar-refractivity contribution in [2.24, 2.45) is 4.40 Å². The largest absolute Gasteiger partial charge is 0.339 e. The van der Waals surface area contributed by atoms with Crippen molar-refractivity contribution in [1.29, 1.82) is 0 Å². The van der Waals surface area contributed by atoms with Crippen LogP contribution in [0.25, 0.3) is 4.91 Å². The van der Waals surface area contributed by atoms with Crippen molar-refractivity contribution >= 4 is 26.5 Å². The molecule has 0 bridgehead atoms. The van der Waals surface area contributed by atoms with Gasteiger partial charge in [0, 0.05) is 11.3 Å². The van der Waals surface area contributed by atoms with Crippen molar-refractivity contribution in [2.75, 3.05) is 5.32 Å². The number of rotatable bonds is 2. The fourth-order valence-electron chi connectivity index (χ4n) is 2.80. The van der Waals surface area contributed by atoms with Gasteiger partial charge in [-0.2, -0.15) is 8.42 Å². The molecule has 0 amide bonds. The average Bonchev–Trinajstić information content (AvgIpc) is 2.73. The van der Waals surface area contributed by atoms with Crippen LogP contribution in [0.1, 0.15) is 29.2 Å². The summed E-state index contributed by atoms with van der Waals surface area (Å²) in [6, 6.07) is 13.4. The third-order valence-corrected chi connectivity index (χ3v) is 5.59. The van der Waals surface area contributed by atoms with Crippen LogP contribution in [0.2, 0.25) is 0 Å². The Balaban J connectivity index is 2.02. The van der Waals surface area contributed by atoms with Crippen LogP contribution in [0.5, 0.6) is 0 Å². The molecule has 1 aliphatic heterocycles. The maximum Gasteiger partial charge on any atom is 0.285 e. The lowest BCUT2D eigenvalue weighted by atomic mass is 10.1. The van der Waals surface area contributed by atoms with E-state index in [4.69, 9.17) is 0 Å². The van der Waals surface area contributed by atoms with E-state index >= 15 is 0 Å². The number of aryl methyl sites for hydroxylation is 3. The molecule has 24 heavy (non-hydrogen) atoms. The third-order valence-electron chi connectivity index (χ3n) is 4.11. The number of sulfonamides is 1. The molecule has 0 saturated carbocycles. The van der Waals surface area contributed by atoms with Crippen LogP contribution in [0, 0.1) is 20.8 Å². The molecule has 0 spiro atoms. The Morgan fingerprint density at radius 1 is 0.875 bits per heavy atom. The van der Waals surface area contributed by atoms with Crippen molar-refractivity contribution in [3.05, 3.63) is 70.3 Å². The van der Waals surface area contributed by atoms with Gasteiger partial charge < -0.3 is 5.32 Å². The molecule has 0 aromatic heterocycles. The highest BCUT2D eigenvalue weighted by Gasteiger charge is 2.31. The lowest BCUT2D eigenvalue weighted by Gasteiger charge is -2.10. The molecule has 0 unspecified atom stereocenters. The Morgan fingerprint density at radius 2 is 1.50 bits per heavy atom. The predicted octanol–water partition coefficient (Wildman–Crippen LogP) is 4.20. The molecule has 0 fully saturated rings. The second-order valence-electron chi connectivity index (χ2n) is 6.18. The van der Waals surface area contributed by atoms with E-state index in [-0.39, 0.29) is 4.91 Å². The van der Waals surface area contributed by atoms with Crippen LogP contribution in [-0.2, 0) is 10.0 Å². The van der Waals surface area contributed by atoms with Crippen molar-refractivity contribution in [1.82, 2.24) is 0 Å². The van der Waals surface area contributed by atoms with E-state index in [9.17, 15) is 8.42 Å². The molecule has 1 N–H and O–H groups in total. The van der Waals surface area contributed by atoms with E-state index in [1.807, 2.05) is 63.2 Å². The summed E-state index contributed by atoms with van der Waals surface area (Å²) >= 11 is 0. The SMILES string of the molecule is CC1=C(c2ccc(C)cc2)S(=O)(=O)N=C1Nc1ccc(C)cc1C. The van der Waals surface area contributed by atoms with Gasteiger partial charge in [-0.3, -0.25) is 0 Å². The molecule has 5 heteroatoms. The lowest BCUT2D eigenvalue weighted by Crippen LogP contribution is -2.12.